The Kier molecular flexibility index (Phi) is 9.05. The molecular formula is C18H24FIN6. The van der Waals surface area contributed by atoms with E-state index in [1.54, 1.807) is 13.1 Å². The highest BCUT2D eigenvalue weighted by Gasteiger charge is 2.05. The van der Waals surface area contributed by atoms with Crippen LogP contribution in [0.3, 0.4) is 0 Å². The summed E-state index contributed by atoms with van der Waals surface area (Å²) in [6.45, 7) is 5.82. The lowest BCUT2D eigenvalue weighted by atomic mass is 10.1. The number of aryl methyl sites for hydroxylation is 3. The van der Waals surface area contributed by atoms with Gasteiger partial charge in [-0.2, -0.15) is 10.4 Å². The summed E-state index contributed by atoms with van der Waals surface area (Å²) in [7, 11) is 1.67. The molecule has 2 rings (SSSR count). The summed E-state index contributed by atoms with van der Waals surface area (Å²) >= 11 is 0. The SMILES string of the molecule is CN=C(NCCCn1nc(C)cc1C)NCc1cc(C#N)ccc1F.I. The van der Waals surface area contributed by atoms with Crippen molar-refractivity contribution >= 4 is 29.9 Å². The number of aliphatic imine (C=N–C) groups is 1. The molecule has 140 valence electrons. The van der Waals surface area contributed by atoms with Crippen LogP contribution in [-0.2, 0) is 13.1 Å². The van der Waals surface area contributed by atoms with Gasteiger partial charge in [-0.25, -0.2) is 4.39 Å². The quantitative estimate of drug-likeness (QED) is 0.295. The molecule has 2 N–H and O–H groups in total. The average Bonchev–Trinajstić information content (AvgIpc) is 2.93. The molecule has 1 aromatic heterocycles. The molecule has 8 heteroatoms. The van der Waals surface area contributed by atoms with Crippen molar-refractivity contribution in [3.63, 3.8) is 0 Å². The van der Waals surface area contributed by atoms with Gasteiger partial charge in [0.15, 0.2) is 5.96 Å². The first kappa shape index (κ1) is 21.9. The van der Waals surface area contributed by atoms with Crippen LogP contribution in [0.2, 0.25) is 0 Å². The molecule has 26 heavy (non-hydrogen) atoms. The maximum atomic E-state index is 13.8. The Balaban J connectivity index is 0.00000338. The molecule has 0 bridgehead atoms. The number of nitrogens with zero attached hydrogens (tertiary/aromatic N) is 4. The van der Waals surface area contributed by atoms with Gasteiger partial charge in [-0.15, -0.1) is 24.0 Å². The van der Waals surface area contributed by atoms with Crippen molar-refractivity contribution in [2.45, 2.75) is 33.4 Å². The number of benzene rings is 1. The standard InChI is InChI=1S/C18H23FN6.HI/c1-13-9-14(2)25(24-13)8-4-7-22-18(21-3)23-12-16-10-15(11-20)5-6-17(16)19;/h5-6,9-10H,4,7-8,12H2,1-3H3,(H2,21,22,23);1H. The maximum absolute atomic E-state index is 13.8. The number of hydrogen-bond acceptors (Lipinski definition) is 3. The Morgan fingerprint density at radius 3 is 2.69 bits per heavy atom. The molecule has 0 aliphatic carbocycles. The van der Waals surface area contributed by atoms with Gasteiger partial charge in [0.1, 0.15) is 5.82 Å². The zero-order valence-corrected chi connectivity index (χ0v) is 17.5. The second kappa shape index (κ2) is 10.8. The van der Waals surface area contributed by atoms with Crippen LogP contribution in [0.5, 0.6) is 0 Å². The van der Waals surface area contributed by atoms with Crippen LogP contribution < -0.4 is 10.6 Å². The summed E-state index contributed by atoms with van der Waals surface area (Å²) in [5.41, 5.74) is 3.04. The third kappa shape index (κ3) is 6.29. The summed E-state index contributed by atoms with van der Waals surface area (Å²) in [6.07, 6.45) is 0.890. The zero-order valence-electron chi connectivity index (χ0n) is 15.2. The van der Waals surface area contributed by atoms with Crippen molar-refractivity contribution in [2.75, 3.05) is 13.6 Å². The van der Waals surface area contributed by atoms with Gasteiger partial charge in [0, 0.05) is 37.9 Å². The van der Waals surface area contributed by atoms with E-state index in [2.05, 4.69) is 26.8 Å². The van der Waals surface area contributed by atoms with Gasteiger partial charge in [-0.1, -0.05) is 0 Å². The van der Waals surface area contributed by atoms with Gasteiger partial charge in [0.25, 0.3) is 0 Å². The van der Waals surface area contributed by atoms with E-state index in [1.165, 1.54) is 12.1 Å². The van der Waals surface area contributed by atoms with E-state index in [4.69, 9.17) is 5.26 Å². The molecule has 0 spiro atoms. The molecule has 6 nitrogen and oxygen atoms in total. The normalized spacial score (nSPS) is 10.8. The van der Waals surface area contributed by atoms with Crippen LogP contribution in [0, 0.1) is 31.0 Å². The molecule has 0 fully saturated rings. The van der Waals surface area contributed by atoms with Crippen LogP contribution in [0.1, 0.15) is 28.9 Å². The lowest BCUT2D eigenvalue weighted by Gasteiger charge is -2.13. The van der Waals surface area contributed by atoms with Crippen molar-refractivity contribution in [3.05, 3.63) is 52.6 Å². The minimum absolute atomic E-state index is 0. The largest absolute Gasteiger partial charge is 0.356 e. The third-order valence-electron chi connectivity index (χ3n) is 3.79. The topological polar surface area (TPSA) is 78.0 Å². The van der Waals surface area contributed by atoms with Crippen molar-refractivity contribution in [1.82, 2.24) is 20.4 Å². The van der Waals surface area contributed by atoms with Gasteiger partial charge in [0.05, 0.1) is 17.3 Å². The Morgan fingerprint density at radius 1 is 1.31 bits per heavy atom. The molecular weight excluding hydrogens is 446 g/mol. The number of halogens is 2. The van der Waals surface area contributed by atoms with Crippen LogP contribution in [-0.4, -0.2) is 29.3 Å². The first-order valence-electron chi connectivity index (χ1n) is 8.17. The highest BCUT2D eigenvalue weighted by Crippen LogP contribution is 2.09. The number of guanidine groups is 1. The fourth-order valence-electron chi connectivity index (χ4n) is 2.52. The Bertz CT molecular complexity index is 793. The molecule has 0 aliphatic rings. The zero-order chi connectivity index (χ0) is 18.2. The van der Waals surface area contributed by atoms with E-state index in [-0.39, 0.29) is 36.3 Å². The molecule has 0 amide bonds. The summed E-state index contributed by atoms with van der Waals surface area (Å²) in [4.78, 5) is 4.13. The van der Waals surface area contributed by atoms with E-state index >= 15 is 0 Å². The van der Waals surface area contributed by atoms with E-state index in [0.29, 0.717) is 17.1 Å². The highest BCUT2D eigenvalue weighted by atomic mass is 127. The van der Waals surface area contributed by atoms with Crippen LogP contribution in [0.4, 0.5) is 4.39 Å². The summed E-state index contributed by atoms with van der Waals surface area (Å²) in [5.74, 6) is 0.251. The predicted octanol–water partition coefficient (Wildman–Crippen LogP) is 2.88. The predicted molar refractivity (Wildman–Crippen MR) is 111 cm³/mol. The first-order valence-corrected chi connectivity index (χ1v) is 8.17. The van der Waals surface area contributed by atoms with Crippen molar-refractivity contribution in [3.8, 4) is 6.07 Å². The van der Waals surface area contributed by atoms with Crippen LogP contribution >= 0.6 is 24.0 Å². The van der Waals surface area contributed by atoms with E-state index in [1.807, 2.05) is 24.6 Å². The monoisotopic (exact) mass is 470 g/mol. The highest BCUT2D eigenvalue weighted by molar-refractivity contribution is 14.0. The third-order valence-corrected chi connectivity index (χ3v) is 3.79. The lowest BCUT2D eigenvalue weighted by molar-refractivity contribution is 0.554. The van der Waals surface area contributed by atoms with Crippen LogP contribution in [0.25, 0.3) is 0 Å². The van der Waals surface area contributed by atoms with Gasteiger partial charge in [-0.3, -0.25) is 9.67 Å². The molecule has 0 aliphatic heterocycles. The van der Waals surface area contributed by atoms with Crippen molar-refractivity contribution in [2.24, 2.45) is 4.99 Å². The van der Waals surface area contributed by atoms with Gasteiger partial charge in [0.2, 0.25) is 0 Å². The number of nitrogens with one attached hydrogen (secondary N) is 2. The van der Waals surface area contributed by atoms with Crippen LogP contribution in [0.15, 0.2) is 29.3 Å². The average molecular weight is 470 g/mol. The van der Waals surface area contributed by atoms with Gasteiger partial charge in [-0.05, 0) is 44.5 Å². The Labute approximate surface area is 170 Å². The second-order valence-electron chi connectivity index (χ2n) is 5.77. The molecule has 0 radical (unpaired) electrons. The molecule has 2 aromatic rings. The first-order chi connectivity index (χ1) is 12.0. The number of hydrogen-bond donors (Lipinski definition) is 2. The fourth-order valence-corrected chi connectivity index (χ4v) is 2.52. The number of rotatable bonds is 6. The number of nitriles is 1. The smallest absolute Gasteiger partial charge is 0.191 e. The molecule has 1 heterocycles. The minimum Gasteiger partial charge on any atom is -0.356 e. The molecule has 0 unspecified atom stereocenters. The van der Waals surface area contributed by atoms with E-state index in [9.17, 15) is 4.39 Å². The van der Waals surface area contributed by atoms with Crippen molar-refractivity contribution < 1.29 is 4.39 Å². The van der Waals surface area contributed by atoms with E-state index in [0.717, 1.165) is 30.9 Å². The summed E-state index contributed by atoms with van der Waals surface area (Å²) in [6, 6.07) is 8.37. The fraction of sp³-hybridized carbons (Fsp3) is 0.389. The molecule has 0 saturated carbocycles. The summed E-state index contributed by atoms with van der Waals surface area (Å²) in [5, 5.41) is 19.6. The Morgan fingerprint density at radius 2 is 2.08 bits per heavy atom. The van der Waals surface area contributed by atoms with Gasteiger partial charge >= 0.3 is 0 Å². The van der Waals surface area contributed by atoms with Gasteiger partial charge < -0.3 is 10.6 Å². The minimum atomic E-state index is -0.341. The Hall–Kier alpha value is -2.15. The lowest BCUT2D eigenvalue weighted by Crippen LogP contribution is -2.37. The maximum Gasteiger partial charge on any atom is 0.191 e. The molecule has 0 atom stereocenters. The molecule has 1 aromatic carbocycles. The summed E-state index contributed by atoms with van der Waals surface area (Å²) < 4.78 is 15.8. The van der Waals surface area contributed by atoms with E-state index < -0.39 is 0 Å². The number of aromatic nitrogens is 2. The van der Waals surface area contributed by atoms with Crippen molar-refractivity contribution in [1.29, 1.82) is 5.26 Å². The molecule has 0 saturated heterocycles. The second-order valence-corrected chi connectivity index (χ2v) is 5.77.